The molecule has 0 heterocycles. The quantitative estimate of drug-likeness (QED) is 0.861. The van der Waals surface area contributed by atoms with E-state index in [-0.39, 0.29) is 0 Å². The zero-order valence-corrected chi connectivity index (χ0v) is 11.4. The molecule has 0 spiro atoms. The van der Waals surface area contributed by atoms with Gasteiger partial charge in [-0.3, -0.25) is 0 Å². The number of benzene rings is 2. The standard InChI is InChI=1S/C14H13Cl2NO/c1-9-3-2-4-10(14(9)18)8-17-13-7-11(15)5-6-12(13)16/h2-7,17-18H,8H2,1H3. The third kappa shape index (κ3) is 2.89. The molecule has 2 N–H and O–H groups in total. The summed E-state index contributed by atoms with van der Waals surface area (Å²) in [4.78, 5) is 0. The highest BCUT2D eigenvalue weighted by molar-refractivity contribution is 6.35. The zero-order chi connectivity index (χ0) is 13.1. The molecular formula is C14H13Cl2NO. The van der Waals surface area contributed by atoms with Gasteiger partial charge in [0, 0.05) is 17.1 Å². The summed E-state index contributed by atoms with van der Waals surface area (Å²) in [5.74, 6) is 0.308. The van der Waals surface area contributed by atoms with Gasteiger partial charge in [0.15, 0.2) is 0 Å². The lowest BCUT2D eigenvalue weighted by Gasteiger charge is -2.11. The molecule has 0 saturated heterocycles. The van der Waals surface area contributed by atoms with Gasteiger partial charge in [-0.15, -0.1) is 0 Å². The number of nitrogens with one attached hydrogen (secondary N) is 1. The van der Waals surface area contributed by atoms with E-state index in [1.165, 1.54) is 0 Å². The molecule has 0 aliphatic rings. The number of phenolic OH excluding ortho intramolecular Hbond substituents is 1. The fourth-order valence-corrected chi connectivity index (χ4v) is 2.04. The number of aryl methyl sites for hydroxylation is 1. The molecule has 4 heteroatoms. The third-order valence-corrected chi connectivity index (χ3v) is 3.28. The van der Waals surface area contributed by atoms with Crippen LogP contribution in [-0.4, -0.2) is 5.11 Å². The molecule has 94 valence electrons. The monoisotopic (exact) mass is 281 g/mol. The van der Waals surface area contributed by atoms with Crippen LogP contribution in [0.15, 0.2) is 36.4 Å². The van der Waals surface area contributed by atoms with Crippen molar-refractivity contribution < 1.29 is 5.11 Å². The minimum Gasteiger partial charge on any atom is -0.507 e. The summed E-state index contributed by atoms with van der Waals surface area (Å²) in [7, 11) is 0. The van der Waals surface area contributed by atoms with Crippen LogP contribution in [0.25, 0.3) is 0 Å². The van der Waals surface area contributed by atoms with Gasteiger partial charge in [0.25, 0.3) is 0 Å². The van der Waals surface area contributed by atoms with Crippen molar-refractivity contribution in [3.05, 3.63) is 57.6 Å². The third-order valence-electron chi connectivity index (χ3n) is 2.72. The first-order chi connectivity index (χ1) is 8.58. The van der Waals surface area contributed by atoms with Gasteiger partial charge < -0.3 is 10.4 Å². The predicted molar refractivity (Wildman–Crippen MR) is 76.6 cm³/mol. The Bertz CT molecular complexity index is 568. The van der Waals surface area contributed by atoms with E-state index in [0.717, 1.165) is 16.8 Å². The maximum absolute atomic E-state index is 9.90. The Labute approximate surface area is 116 Å². The molecule has 0 unspecified atom stereocenters. The minimum absolute atomic E-state index is 0.308. The summed E-state index contributed by atoms with van der Waals surface area (Å²) in [6, 6.07) is 10.9. The summed E-state index contributed by atoms with van der Waals surface area (Å²) in [5, 5.41) is 14.3. The van der Waals surface area contributed by atoms with Crippen molar-refractivity contribution in [2.75, 3.05) is 5.32 Å². The number of para-hydroxylation sites is 1. The van der Waals surface area contributed by atoms with Crippen LogP contribution in [0.1, 0.15) is 11.1 Å². The van der Waals surface area contributed by atoms with Gasteiger partial charge in [0.1, 0.15) is 5.75 Å². The van der Waals surface area contributed by atoms with Crippen molar-refractivity contribution in [3.8, 4) is 5.75 Å². The van der Waals surface area contributed by atoms with E-state index in [1.807, 2.05) is 25.1 Å². The Kier molecular flexibility index (Phi) is 4.00. The van der Waals surface area contributed by atoms with Crippen LogP contribution in [0.2, 0.25) is 10.0 Å². The van der Waals surface area contributed by atoms with Gasteiger partial charge in [-0.05, 0) is 30.7 Å². The van der Waals surface area contributed by atoms with Crippen molar-refractivity contribution in [3.63, 3.8) is 0 Å². The fourth-order valence-electron chi connectivity index (χ4n) is 1.69. The van der Waals surface area contributed by atoms with Crippen LogP contribution in [-0.2, 0) is 6.54 Å². The Morgan fingerprint density at radius 1 is 1.17 bits per heavy atom. The minimum atomic E-state index is 0.308. The molecule has 2 aromatic carbocycles. The SMILES string of the molecule is Cc1cccc(CNc2cc(Cl)ccc2Cl)c1O. The molecule has 0 aliphatic heterocycles. The number of phenols is 1. The molecule has 0 fully saturated rings. The number of halogens is 2. The molecule has 0 amide bonds. The molecule has 0 aromatic heterocycles. The first kappa shape index (κ1) is 13.1. The fraction of sp³-hybridized carbons (Fsp3) is 0.143. The molecular weight excluding hydrogens is 269 g/mol. The molecule has 2 nitrogen and oxygen atoms in total. The Morgan fingerprint density at radius 2 is 1.94 bits per heavy atom. The van der Waals surface area contributed by atoms with Gasteiger partial charge >= 0.3 is 0 Å². The smallest absolute Gasteiger partial charge is 0.123 e. The number of hydrogen-bond donors (Lipinski definition) is 2. The molecule has 0 atom stereocenters. The lowest BCUT2D eigenvalue weighted by atomic mass is 10.1. The second-order valence-electron chi connectivity index (χ2n) is 4.06. The number of aromatic hydroxyl groups is 1. The molecule has 0 aliphatic carbocycles. The van der Waals surface area contributed by atoms with Crippen LogP contribution in [0.4, 0.5) is 5.69 Å². The van der Waals surface area contributed by atoms with Crippen molar-refractivity contribution >= 4 is 28.9 Å². The topological polar surface area (TPSA) is 32.3 Å². The molecule has 0 saturated carbocycles. The molecule has 2 rings (SSSR count). The van der Waals surface area contributed by atoms with E-state index in [1.54, 1.807) is 18.2 Å². The first-order valence-corrected chi connectivity index (χ1v) is 6.30. The van der Waals surface area contributed by atoms with Crippen LogP contribution in [0, 0.1) is 6.92 Å². The van der Waals surface area contributed by atoms with E-state index >= 15 is 0 Å². The second kappa shape index (κ2) is 5.51. The number of rotatable bonds is 3. The summed E-state index contributed by atoms with van der Waals surface area (Å²) < 4.78 is 0. The van der Waals surface area contributed by atoms with Gasteiger partial charge in [-0.1, -0.05) is 41.4 Å². The summed E-state index contributed by atoms with van der Waals surface area (Å²) >= 11 is 12.0. The van der Waals surface area contributed by atoms with Crippen LogP contribution >= 0.6 is 23.2 Å². The number of hydrogen-bond acceptors (Lipinski definition) is 2. The van der Waals surface area contributed by atoms with Crippen molar-refractivity contribution in [2.24, 2.45) is 0 Å². The second-order valence-corrected chi connectivity index (χ2v) is 4.90. The highest BCUT2D eigenvalue weighted by Gasteiger charge is 2.05. The van der Waals surface area contributed by atoms with Gasteiger partial charge in [0.2, 0.25) is 0 Å². The lowest BCUT2D eigenvalue weighted by Crippen LogP contribution is -2.00. The van der Waals surface area contributed by atoms with E-state index in [4.69, 9.17) is 23.2 Å². The summed E-state index contributed by atoms with van der Waals surface area (Å²) in [6.07, 6.45) is 0. The van der Waals surface area contributed by atoms with Gasteiger partial charge in [-0.2, -0.15) is 0 Å². The highest BCUT2D eigenvalue weighted by Crippen LogP contribution is 2.27. The maximum atomic E-state index is 9.90. The molecule has 2 aromatic rings. The largest absolute Gasteiger partial charge is 0.507 e. The molecule has 0 bridgehead atoms. The summed E-state index contributed by atoms with van der Waals surface area (Å²) in [6.45, 7) is 2.36. The Hall–Kier alpha value is -1.38. The predicted octanol–water partition coefficient (Wildman–Crippen LogP) is 4.62. The number of anilines is 1. The lowest BCUT2D eigenvalue weighted by molar-refractivity contribution is 0.465. The van der Waals surface area contributed by atoms with Crippen molar-refractivity contribution in [1.29, 1.82) is 0 Å². The van der Waals surface area contributed by atoms with Gasteiger partial charge in [-0.25, -0.2) is 0 Å². The van der Waals surface area contributed by atoms with Crippen LogP contribution in [0.3, 0.4) is 0 Å². The van der Waals surface area contributed by atoms with E-state index in [2.05, 4.69) is 5.32 Å². The van der Waals surface area contributed by atoms with Crippen LogP contribution in [0.5, 0.6) is 5.75 Å². The Balaban J connectivity index is 2.16. The van der Waals surface area contributed by atoms with Crippen molar-refractivity contribution in [1.82, 2.24) is 0 Å². The first-order valence-electron chi connectivity index (χ1n) is 5.54. The van der Waals surface area contributed by atoms with E-state index in [0.29, 0.717) is 22.3 Å². The molecule has 0 radical (unpaired) electrons. The normalized spacial score (nSPS) is 10.4. The average Bonchev–Trinajstić information content (AvgIpc) is 2.35. The summed E-state index contributed by atoms with van der Waals surface area (Å²) in [5.41, 5.74) is 2.43. The molecule has 18 heavy (non-hydrogen) atoms. The Morgan fingerprint density at radius 3 is 2.72 bits per heavy atom. The average molecular weight is 282 g/mol. The maximum Gasteiger partial charge on any atom is 0.123 e. The van der Waals surface area contributed by atoms with Crippen molar-refractivity contribution in [2.45, 2.75) is 13.5 Å². The van der Waals surface area contributed by atoms with Gasteiger partial charge in [0.05, 0.1) is 10.7 Å². The van der Waals surface area contributed by atoms with E-state index < -0.39 is 0 Å². The van der Waals surface area contributed by atoms with Crippen LogP contribution < -0.4 is 5.32 Å². The highest BCUT2D eigenvalue weighted by atomic mass is 35.5. The van der Waals surface area contributed by atoms with E-state index in [9.17, 15) is 5.11 Å². The zero-order valence-electron chi connectivity index (χ0n) is 9.87.